The van der Waals surface area contributed by atoms with Crippen LogP contribution in [0.15, 0.2) is 64.6 Å². The van der Waals surface area contributed by atoms with Crippen molar-refractivity contribution >= 4 is 71.1 Å². The van der Waals surface area contributed by atoms with Crippen molar-refractivity contribution in [1.82, 2.24) is 47.4 Å². The molecule has 1 heterocycles. The number of benzene rings is 2. The largest absolute Gasteiger partial charge is 0.508 e. The number of hydrogen-bond acceptors (Lipinski definition) is 15. The van der Waals surface area contributed by atoms with Gasteiger partial charge in [0.2, 0.25) is 53.2 Å². The third-order valence-corrected chi connectivity index (χ3v) is 14.2. The van der Waals surface area contributed by atoms with Crippen LogP contribution in [0.1, 0.15) is 109 Å². The van der Waals surface area contributed by atoms with Crippen LogP contribution in [-0.4, -0.2) is 174 Å². The lowest BCUT2D eigenvalue weighted by Gasteiger charge is -2.32. The van der Waals surface area contributed by atoms with E-state index in [-0.39, 0.29) is 101 Å². The summed E-state index contributed by atoms with van der Waals surface area (Å²) in [7, 11) is 0. The zero-order valence-electron chi connectivity index (χ0n) is 49.7. The quantitative estimate of drug-likeness (QED) is 0.0182. The summed E-state index contributed by atoms with van der Waals surface area (Å²) < 4.78 is 0. The normalized spacial score (nSPS) is 15.6. The Kier molecular flexibility index (Phi) is 31.4. The maximum absolute atomic E-state index is 14.6. The first-order chi connectivity index (χ1) is 40.8. The average molecular weight is 1210 g/mol. The number of rotatable bonds is 38. The number of phenols is 1. The zero-order chi connectivity index (χ0) is 63.9. The van der Waals surface area contributed by atoms with Gasteiger partial charge < -0.3 is 92.0 Å². The van der Waals surface area contributed by atoms with Crippen LogP contribution in [0.25, 0.3) is 0 Å². The Hall–Kier alpha value is -8.60. The van der Waals surface area contributed by atoms with E-state index in [1.165, 1.54) is 17.0 Å². The summed E-state index contributed by atoms with van der Waals surface area (Å²) in [5.74, 6) is -9.00. The standard InChI is InChI=1S/C57H91N17O12/c1-5-34(4)47(53(83)70-40(18-12-26-65-57(62)63)54(84)74-27-13-19-44(74)52(82)71-41(55(85)86)16-9-10-24-58)73-49(79)39(17-11-25-64-56(60)61)69-50(80)42(28-33(2)3)72-51(81)43(30-35-14-7-6-8-15-35)68-46(77)32-66-45(76)31-67-48(78)38(59)29-36-20-22-37(75)23-21-36/h6-8,14-15,20-23,33-34,38-44,47,75H,5,9-13,16-19,24-32,58-59H2,1-4H3,(H,66,76)(H,67,78)(H,68,77)(H,69,80)(H,70,83)(H,71,82)(H,72,81)(H,73,79)(H,85,86)(H4,60,61,64)(H4,62,63,65)/t34-,38-,39-,40-,41-,42-,43-,44-,47-/m0/s1. The van der Waals surface area contributed by atoms with Crippen molar-refractivity contribution in [1.29, 1.82) is 0 Å². The van der Waals surface area contributed by atoms with Crippen molar-refractivity contribution < 1.29 is 58.2 Å². The molecule has 29 nitrogen and oxygen atoms in total. The third kappa shape index (κ3) is 26.1. The zero-order valence-corrected chi connectivity index (χ0v) is 49.7. The van der Waals surface area contributed by atoms with Gasteiger partial charge in [0.1, 0.15) is 48.0 Å². The van der Waals surface area contributed by atoms with Gasteiger partial charge in [-0.05, 0) is 112 Å². The topological polar surface area (TPSA) is 491 Å². The van der Waals surface area contributed by atoms with E-state index < -0.39 is 126 Å². The average Bonchev–Trinajstić information content (AvgIpc) is 3.82. The molecule has 3 rings (SSSR count). The molecule has 9 atom stereocenters. The first kappa shape index (κ1) is 71.7. The Bertz CT molecular complexity index is 2620. The van der Waals surface area contributed by atoms with E-state index >= 15 is 0 Å². The lowest BCUT2D eigenvalue weighted by Crippen LogP contribution is -2.61. The predicted octanol–water partition coefficient (Wildman–Crippen LogP) is -2.95. The predicted molar refractivity (Wildman–Crippen MR) is 322 cm³/mol. The van der Waals surface area contributed by atoms with Crippen LogP contribution < -0.4 is 76.9 Å². The van der Waals surface area contributed by atoms with Crippen LogP contribution >= 0.6 is 0 Å². The number of nitrogens with two attached hydrogens (primary N) is 6. The fourth-order valence-electron chi connectivity index (χ4n) is 9.34. The summed E-state index contributed by atoms with van der Waals surface area (Å²) in [6.45, 7) is 6.55. The number of unbranched alkanes of at least 4 members (excludes halogenated alkanes) is 1. The number of nitrogens with one attached hydrogen (secondary N) is 8. The molecule has 86 heavy (non-hydrogen) atoms. The van der Waals surface area contributed by atoms with Gasteiger partial charge in [-0.1, -0.05) is 76.6 Å². The van der Waals surface area contributed by atoms with Crippen LogP contribution in [0.5, 0.6) is 5.75 Å². The molecule has 0 saturated carbocycles. The van der Waals surface area contributed by atoms with Crippen LogP contribution in [0.4, 0.5) is 0 Å². The Balaban J connectivity index is 1.85. The van der Waals surface area contributed by atoms with Gasteiger partial charge in [-0.15, -0.1) is 0 Å². The van der Waals surface area contributed by atoms with Crippen LogP contribution in [0.3, 0.4) is 0 Å². The number of likely N-dealkylation sites (tertiary alicyclic amines) is 1. The van der Waals surface area contributed by atoms with Gasteiger partial charge in [0.25, 0.3) is 0 Å². The number of aliphatic imine (C=N–C) groups is 2. The summed E-state index contributed by atoms with van der Waals surface area (Å²) in [6.07, 6.45) is 2.49. The van der Waals surface area contributed by atoms with Crippen molar-refractivity contribution in [3.63, 3.8) is 0 Å². The SMILES string of the molecule is CC[C@H](C)[C@H](NC(=O)[C@H](CCCN=C(N)N)NC(=O)[C@H](CC(C)C)NC(=O)[C@H](Cc1ccccc1)NC(=O)CNC(=O)CNC(=O)[C@@H](N)Cc1ccc(O)cc1)C(=O)N[C@@H](CCCN=C(N)N)C(=O)N1CCC[C@H]1C(=O)N[C@@H](CCCCN)C(=O)O. The molecular formula is C57H91N17O12. The van der Waals surface area contributed by atoms with Crippen LogP contribution in [0, 0.1) is 11.8 Å². The minimum atomic E-state index is -1.36. The van der Waals surface area contributed by atoms with Crippen molar-refractivity contribution in [2.24, 2.45) is 56.2 Å². The Labute approximate surface area is 501 Å². The van der Waals surface area contributed by atoms with Gasteiger partial charge in [0.15, 0.2) is 11.9 Å². The fourth-order valence-corrected chi connectivity index (χ4v) is 9.34. The minimum Gasteiger partial charge on any atom is -0.508 e. The fraction of sp³-hybridized carbons (Fsp3) is 0.579. The molecule has 2 aromatic carbocycles. The third-order valence-electron chi connectivity index (χ3n) is 14.2. The Morgan fingerprint density at radius 1 is 0.616 bits per heavy atom. The van der Waals surface area contributed by atoms with E-state index in [9.17, 15) is 58.2 Å². The molecular weight excluding hydrogens is 1110 g/mol. The smallest absolute Gasteiger partial charge is 0.326 e. The molecule has 29 heteroatoms. The molecule has 9 amide bonds. The van der Waals surface area contributed by atoms with E-state index in [4.69, 9.17) is 34.4 Å². The molecule has 0 unspecified atom stereocenters. The highest BCUT2D eigenvalue weighted by atomic mass is 16.4. The number of aromatic hydroxyl groups is 1. The van der Waals surface area contributed by atoms with Gasteiger partial charge >= 0.3 is 5.97 Å². The summed E-state index contributed by atoms with van der Waals surface area (Å²) in [6, 6.07) is 4.95. The summed E-state index contributed by atoms with van der Waals surface area (Å²) in [4.78, 5) is 146. The number of carbonyl (C=O) groups excluding carboxylic acids is 9. The number of guanidine groups is 2. The molecule has 0 aromatic heterocycles. The van der Waals surface area contributed by atoms with Crippen molar-refractivity contribution in [3.05, 3.63) is 65.7 Å². The number of carboxylic acids is 1. The molecule has 0 aliphatic carbocycles. The number of hydrogen-bond donors (Lipinski definition) is 16. The van der Waals surface area contributed by atoms with Crippen molar-refractivity contribution in [2.75, 3.05) is 39.3 Å². The molecule has 1 aliphatic heterocycles. The summed E-state index contributed by atoms with van der Waals surface area (Å²) in [5.41, 5.74) is 35.2. The minimum absolute atomic E-state index is 0.00876. The number of amides is 9. The molecule has 1 aliphatic rings. The van der Waals surface area contributed by atoms with Crippen molar-refractivity contribution in [2.45, 2.75) is 160 Å². The van der Waals surface area contributed by atoms with Gasteiger partial charge in [-0.3, -0.25) is 53.1 Å². The van der Waals surface area contributed by atoms with E-state index in [1.54, 1.807) is 70.2 Å². The van der Waals surface area contributed by atoms with E-state index in [1.807, 2.05) is 0 Å². The van der Waals surface area contributed by atoms with Gasteiger partial charge in [-0.25, -0.2) is 4.79 Å². The molecule has 476 valence electrons. The highest BCUT2D eigenvalue weighted by Gasteiger charge is 2.40. The second-order valence-corrected chi connectivity index (χ2v) is 21.7. The molecule has 22 N–H and O–H groups in total. The van der Waals surface area contributed by atoms with Gasteiger partial charge in [0.05, 0.1) is 19.1 Å². The monoisotopic (exact) mass is 1210 g/mol. The summed E-state index contributed by atoms with van der Waals surface area (Å²) >= 11 is 0. The number of aliphatic carboxylic acids is 1. The number of nitrogens with zero attached hydrogens (tertiary/aromatic N) is 3. The lowest BCUT2D eigenvalue weighted by atomic mass is 9.96. The molecule has 2 aromatic rings. The number of phenolic OH excluding ortho intramolecular Hbond substituents is 1. The highest BCUT2D eigenvalue weighted by Crippen LogP contribution is 2.22. The van der Waals surface area contributed by atoms with E-state index in [0.29, 0.717) is 43.4 Å². The lowest BCUT2D eigenvalue weighted by molar-refractivity contribution is -0.145. The first-order valence-corrected chi connectivity index (χ1v) is 29.1. The Morgan fingerprint density at radius 2 is 1.17 bits per heavy atom. The maximum atomic E-state index is 14.6. The van der Waals surface area contributed by atoms with Crippen molar-refractivity contribution in [3.8, 4) is 5.75 Å². The second kappa shape index (κ2) is 37.7. The number of carboxylic acid groups (broad SMARTS) is 1. The van der Waals surface area contributed by atoms with Gasteiger partial charge in [0, 0.05) is 26.1 Å². The summed E-state index contributed by atoms with van der Waals surface area (Å²) in [5, 5.41) is 40.4. The molecule has 1 saturated heterocycles. The highest BCUT2D eigenvalue weighted by molar-refractivity contribution is 5.98. The molecule has 1 fully saturated rings. The maximum Gasteiger partial charge on any atom is 0.326 e. The van der Waals surface area contributed by atoms with E-state index in [2.05, 4.69) is 52.5 Å². The van der Waals surface area contributed by atoms with Crippen LogP contribution in [-0.2, 0) is 60.8 Å². The molecule has 0 bridgehead atoms. The van der Waals surface area contributed by atoms with Crippen LogP contribution in [0.2, 0.25) is 0 Å². The van der Waals surface area contributed by atoms with E-state index in [0.717, 1.165) is 0 Å². The second-order valence-electron chi connectivity index (χ2n) is 21.7. The number of carbonyl (C=O) groups is 10. The van der Waals surface area contributed by atoms with Gasteiger partial charge in [-0.2, -0.15) is 0 Å². The molecule has 0 radical (unpaired) electrons. The first-order valence-electron chi connectivity index (χ1n) is 29.1. The molecule has 0 spiro atoms. The Morgan fingerprint density at radius 3 is 1.77 bits per heavy atom.